The van der Waals surface area contributed by atoms with Gasteiger partial charge in [0.25, 0.3) is 0 Å². The summed E-state index contributed by atoms with van der Waals surface area (Å²) in [6, 6.07) is 8.84. The Morgan fingerprint density at radius 1 is 1.26 bits per heavy atom. The van der Waals surface area contributed by atoms with Crippen LogP contribution in [0.3, 0.4) is 0 Å². The molecule has 1 N–H and O–H groups in total. The largest absolute Gasteiger partial charge is 0.393 e. The van der Waals surface area contributed by atoms with E-state index < -0.39 is 0 Å². The molecule has 3 rings (SSSR count). The molecule has 0 amide bonds. The second-order valence-corrected chi connectivity index (χ2v) is 7.67. The molecule has 0 aliphatic heterocycles. The minimum absolute atomic E-state index is 0.0969. The fraction of sp³-hybridized carbons (Fsp3) is 0.667. The van der Waals surface area contributed by atoms with Crippen LogP contribution in [0.4, 0.5) is 0 Å². The average Bonchev–Trinajstić information content (AvgIpc) is 3.10. The summed E-state index contributed by atoms with van der Waals surface area (Å²) in [6.07, 6.45) is 4.47. The van der Waals surface area contributed by atoms with Gasteiger partial charge in [-0.3, -0.25) is 0 Å². The predicted octanol–water partition coefficient (Wildman–Crippen LogP) is 4.15. The Labute approximate surface area is 117 Å². The Morgan fingerprint density at radius 3 is 2.74 bits per heavy atom. The first-order chi connectivity index (χ1) is 8.97. The van der Waals surface area contributed by atoms with Gasteiger partial charge in [-0.2, -0.15) is 0 Å². The normalized spacial score (nSPS) is 30.4. The zero-order chi connectivity index (χ0) is 13.6. The van der Waals surface area contributed by atoms with Crippen molar-refractivity contribution in [1.82, 2.24) is 0 Å². The van der Waals surface area contributed by atoms with Gasteiger partial charge in [-0.1, -0.05) is 45.0 Å². The lowest BCUT2D eigenvalue weighted by Gasteiger charge is -2.20. The predicted molar refractivity (Wildman–Crippen MR) is 79.2 cm³/mol. The molecule has 1 saturated carbocycles. The highest BCUT2D eigenvalue weighted by Gasteiger charge is 2.55. The molecule has 0 heterocycles. The fourth-order valence-corrected chi connectivity index (χ4v) is 3.92. The van der Waals surface area contributed by atoms with Gasteiger partial charge in [-0.15, -0.1) is 0 Å². The van der Waals surface area contributed by atoms with E-state index in [0.717, 1.165) is 18.8 Å². The van der Waals surface area contributed by atoms with Gasteiger partial charge in [0.2, 0.25) is 0 Å². The number of aliphatic hydroxyl groups is 1. The zero-order valence-corrected chi connectivity index (χ0v) is 12.4. The summed E-state index contributed by atoms with van der Waals surface area (Å²) in [6.45, 7) is 6.78. The van der Waals surface area contributed by atoms with Crippen molar-refractivity contribution in [1.29, 1.82) is 0 Å². The molecule has 0 bridgehead atoms. The molecule has 0 radical (unpaired) electrons. The number of hydrogen-bond acceptors (Lipinski definition) is 1. The Morgan fingerprint density at radius 2 is 2.00 bits per heavy atom. The summed E-state index contributed by atoms with van der Waals surface area (Å²) < 4.78 is 0. The van der Waals surface area contributed by atoms with Crippen molar-refractivity contribution in [2.24, 2.45) is 17.3 Å². The summed E-state index contributed by atoms with van der Waals surface area (Å²) >= 11 is 0. The van der Waals surface area contributed by atoms with E-state index >= 15 is 0 Å². The monoisotopic (exact) mass is 258 g/mol. The molecule has 1 heteroatoms. The summed E-state index contributed by atoms with van der Waals surface area (Å²) in [5.41, 5.74) is 3.38. The Kier molecular flexibility index (Phi) is 3.21. The third-order valence-corrected chi connectivity index (χ3v) is 5.03. The molecule has 0 aromatic heterocycles. The summed E-state index contributed by atoms with van der Waals surface area (Å²) in [5.74, 6) is 1.94. The summed E-state index contributed by atoms with van der Waals surface area (Å²) in [5, 5.41) is 10.5. The van der Waals surface area contributed by atoms with Gasteiger partial charge in [0, 0.05) is 0 Å². The second kappa shape index (κ2) is 4.63. The van der Waals surface area contributed by atoms with Crippen molar-refractivity contribution in [2.45, 2.75) is 58.5 Å². The summed E-state index contributed by atoms with van der Waals surface area (Å²) in [7, 11) is 0. The van der Waals surface area contributed by atoms with E-state index in [9.17, 15) is 5.11 Å². The Balaban J connectivity index is 1.67. The first kappa shape index (κ1) is 13.2. The fourth-order valence-electron chi connectivity index (χ4n) is 3.92. The lowest BCUT2D eigenvalue weighted by Crippen LogP contribution is -2.16. The third kappa shape index (κ3) is 2.58. The van der Waals surface area contributed by atoms with Gasteiger partial charge in [0.1, 0.15) is 0 Å². The molecule has 1 aromatic rings. The Bertz CT molecular complexity index is 457. The average molecular weight is 258 g/mol. The minimum Gasteiger partial charge on any atom is -0.393 e. The molecule has 4 unspecified atom stereocenters. The van der Waals surface area contributed by atoms with E-state index in [1.54, 1.807) is 0 Å². The van der Waals surface area contributed by atoms with Crippen molar-refractivity contribution in [3.8, 4) is 0 Å². The van der Waals surface area contributed by atoms with E-state index in [1.807, 2.05) is 0 Å². The smallest absolute Gasteiger partial charge is 0.0577 e. The molecule has 2 aliphatic rings. The van der Waals surface area contributed by atoms with E-state index in [0.29, 0.717) is 17.3 Å². The molecule has 104 valence electrons. The van der Waals surface area contributed by atoms with Crippen LogP contribution in [0.2, 0.25) is 0 Å². The third-order valence-electron chi connectivity index (χ3n) is 5.03. The van der Waals surface area contributed by atoms with Gasteiger partial charge >= 0.3 is 0 Å². The molecule has 4 atom stereocenters. The second-order valence-electron chi connectivity index (χ2n) is 7.67. The number of aryl methyl sites for hydroxylation is 1. The Hall–Kier alpha value is -0.820. The lowest BCUT2D eigenvalue weighted by molar-refractivity contribution is 0.117. The van der Waals surface area contributed by atoms with Crippen LogP contribution in [0, 0.1) is 17.3 Å². The molecular formula is C18H26O. The highest BCUT2D eigenvalue weighted by atomic mass is 16.3. The maximum atomic E-state index is 10.5. The van der Waals surface area contributed by atoms with Crippen LogP contribution in [0.15, 0.2) is 24.3 Å². The van der Waals surface area contributed by atoms with Crippen LogP contribution < -0.4 is 0 Å². The van der Waals surface area contributed by atoms with E-state index in [1.165, 1.54) is 24.0 Å². The first-order valence-corrected chi connectivity index (χ1v) is 7.73. The highest BCUT2D eigenvalue weighted by molar-refractivity contribution is 5.39. The van der Waals surface area contributed by atoms with Crippen molar-refractivity contribution in [3.05, 3.63) is 35.4 Å². The highest BCUT2D eigenvalue weighted by Crippen LogP contribution is 2.61. The van der Waals surface area contributed by atoms with Crippen molar-refractivity contribution in [2.75, 3.05) is 0 Å². The molecule has 19 heavy (non-hydrogen) atoms. The van der Waals surface area contributed by atoms with E-state index in [2.05, 4.69) is 45.0 Å². The molecule has 1 nitrogen and oxygen atoms in total. The van der Waals surface area contributed by atoms with Crippen molar-refractivity contribution < 1.29 is 5.11 Å². The number of rotatable bonds is 3. The van der Waals surface area contributed by atoms with Crippen molar-refractivity contribution >= 4 is 0 Å². The molecule has 2 aliphatic carbocycles. The molecular weight excluding hydrogens is 232 g/mol. The topological polar surface area (TPSA) is 20.2 Å². The standard InChI is InChI=1S/C18H26O/c1-18(2,3)11-10-15(19)17-14-9-8-12-6-4-5-7-13(12)16(14)17/h4-7,14-17,19H,8-11H2,1-3H3. The molecule has 1 aromatic carbocycles. The van der Waals surface area contributed by atoms with Crippen LogP contribution in [-0.4, -0.2) is 11.2 Å². The number of hydrogen-bond donors (Lipinski definition) is 1. The minimum atomic E-state index is -0.0969. The molecule has 0 spiro atoms. The van der Waals surface area contributed by atoms with Gasteiger partial charge < -0.3 is 5.11 Å². The lowest BCUT2D eigenvalue weighted by atomic mass is 9.88. The van der Waals surface area contributed by atoms with Crippen LogP contribution in [0.5, 0.6) is 0 Å². The number of aliphatic hydroxyl groups excluding tert-OH is 1. The van der Waals surface area contributed by atoms with Crippen molar-refractivity contribution in [3.63, 3.8) is 0 Å². The van der Waals surface area contributed by atoms with Gasteiger partial charge in [0.05, 0.1) is 6.10 Å². The van der Waals surface area contributed by atoms with Gasteiger partial charge in [-0.25, -0.2) is 0 Å². The zero-order valence-electron chi connectivity index (χ0n) is 12.4. The van der Waals surface area contributed by atoms with Gasteiger partial charge in [-0.05, 0) is 60.0 Å². The first-order valence-electron chi connectivity index (χ1n) is 7.73. The van der Waals surface area contributed by atoms with Crippen LogP contribution >= 0.6 is 0 Å². The van der Waals surface area contributed by atoms with Gasteiger partial charge in [0.15, 0.2) is 0 Å². The van der Waals surface area contributed by atoms with Crippen LogP contribution in [0.1, 0.15) is 57.1 Å². The molecule has 0 saturated heterocycles. The maximum Gasteiger partial charge on any atom is 0.0577 e. The van der Waals surface area contributed by atoms with Crippen LogP contribution in [-0.2, 0) is 6.42 Å². The molecule has 1 fully saturated rings. The maximum absolute atomic E-state index is 10.5. The number of fused-ring (bicyclic) bond motifs is 3. The van der Waals surface area contributed by atoms with E-state index in [-0.39, 0.29) is 6.10 Å². The summed E-state index contributed by atoms with van der Waals surface area (Å²) in [4.78, 5) is 0. The number of benzene rings is 1. The SMILES string of the molecule is CC(C)(C)CCC(O)C1C2CCc3ccccc3C21. The quantitative estimate of drug-likeness (QED) is 0.863. The van der Waals surface area contributed by atoms with E-state index in [4.69, 9.17) is 0 Å². The van der Waals surface area contributed by atoms with Crippen LogP contribution in [0.25, 0.3) is 0 Å².